The van der Waals surface area contributed by atoms with Crippen LogP contribution in [0.25, 0.3) is 0 Å². The third-order valence-corrected chi connectivity index (χ3v) is 2.74. The van der Waals surface area contributed by atoms with Crippen LogP contribution in [-0.2, 0) is 6.61 Å². The van der Waals surface area contributed by atoms with E-state index in [1.807, 2.05) is 30.3 Å². The van der Waals surface area contributed by atoms with Crippen molar-refractivity contribution in [3.63, 3.8) is 0 Å². The average Bonchev–Trinajstić information content (AvgIpc) is 2.51. The van der Waals surface area contributed by atoms with Crippen LogP contribution in [0.5, 0.6) is 11.6 Å². The lowest BCUT2D eigenvalue weighted by Crippen LogP contribution is -2.07. The van der Waals surface area contributed by atoms with Gasteiger partial charge in [-0.05, 0) is 12.0 Å². The summed E-state index contributed by atoms with van der Waals surface area (Å²) in [5, 5.41) is 3.20. The topological polar surface area (TPSA) is 56.3 Å². The van der Waals surface area contributed by atoms with Crippen LogP contribution >= 0.6 is 0 Å². The van der Waals surface area contributed by atoms with E-state index in [1.54, 1.807) is 7.11 Å². The molecule has 1 N–H and O–H groups in total. The summed E-state index contributed by atoms with van der Waals surface area (Å²) < 4.78 is 11.1. The van der Waals surface area contributed by atoms with Crippen molar-refractivity contribution < 1.29 is 9.47 Å². The lowest BCUT2D eigenvalue weighted by molar-refractivity contribution is 0.272. The van der Waals surface area contributed by atoms with Gasteiger partial charge in [0.25, 0.3) is 5.88 Å². The van der Waals surface area contributed by atoms with Crippen molar-refractivity contribution in [1.29, 1.82) is 0 Å². The molecule has 0 saturated heterocycles. The molecule has 106 valence electrons. The summed E-state index contributed by atoms with van der Waals surface area (Å²) in [5.41, 5.74) is 1.08. The fraction of sp³-hybridized carbons (Fsp3) is 0.333. The predicted molar refractivity (Wildman–Crippen MR) is 78.1 cm³/mol. The summed E-state index contributed by atoms with van der Waals surface area (Å²) in [7, 11) is 1.59. The van der Waals surface area contributed by atoms with Crippen LogP contribution in [0.15, 0.2) is 36.7 Å². The summed E-state index contributed by atoms with van der Waals surface area (Å²) in [5.74, 6) is 1.65. The Balaban J connectivity index is 2.10. The standard InChI is InChI=1S/C15H19N3O2/c1-3-9-16-14-13(19-2)15(18-11-17-14)20-10-12-7-5-4-6-8-12/h4-8,11H,3,9-10H2,1-2H3,(H,16,17,18). The highest BCUT2D eigenvalue weighted by Crippen LogP contribution is 2.31. The van der Waals surface area contributed by atoms with Gasteiger partial charge in [-0.3, -0.25) is 0 Å². The number of benzene rings is 1. The zero-order valence-corrected chi connectivity index (χ0v) is 11.8. The Bertz CT molecular complexity index is 532. The Morgan fingerprint density at radius 3 is 2.65 bits per heavy atom. The summed E-state index contributed by atoms with van der Waals surface area (Å²) in [6.07, 6.45) is 2.48. The minimum atomic E-state index is 0.446. The first-order chi connectivity index (χ1) is 9.85. The van der Waals surface area contributed by atoms with Gasteiger partial charge in [0.1, 0.15) is 12.9 Å². The molecule has 1 heterocycles. The molecule has 0 aliphatic heterocycles. The maximum atomic E-state index is 5.72. The number of nitrogens with one attached hydrogen (secondary N) is 1. The van der Waals surface area contributed by atoms with E-state index in [0.29, 0.717) is 24.1 Å². The van der Waals surface area contributed by atoms with E-state index in [4.69, 9.17) is 9.47 Å². The van der Waals surface area contributed by atoms with E-state index in [0.717, 1.165) is 18.5 Å². The van der Waals surface area contributed by atoms with E-state index >= 15 is 0 Å². The molecule has 0 spiro atoms. The van der Waals surface area contributed by atoms with Crippen molar-refractivity contribution in [3.8, 4) is 11.6 Å². The summed E-state index contributed by atoms with van der Waals surface area (Å²) in [4.78, 5) is 8.31. The highest BCUT2D eigenvalue weighted by atomic mass is 16.5. The zero-order valence-electron chi connectivity index (χ0n) is 11.8. The van der Waals surface area contributed by atoms with Crippen molar-refractivity contribution in [2.75, 3.05) is 19.0 Å². The number of hydrogen-bond acceptors (Lipinski definition) is 5. The first-order valence-corrected chi connectivity index (χ1v) is 6.64. The van der Waals surface area contributed by atoms with Crippen LogP contribution in [0.1, 0.15) is 18.9 Å². The Hall–Kier alpha value is -2.30. The van der Waals surface area contributed by atoms with Gasteiger partial charge in [0, 0.05) is 6.54 Å². The van der Waals surface area contributed by atoms with E-state index in [9.17, 15) is 0 Å². The maximum Gasteiger partial charge on any atom is 0.262 e. The number of anilines is 1. The molecular formula is C15H19N3O2. The average molecular weight is 273 g/mol. The first kappa shape index (κ1) is 14.1. The fourth-order valence-electron chi connectivity index (χ4n) is 1.74. The molecule has 20 heavy (non-hydrogen) atoms. The van der Waals surface area contributed by atoms with Gasteiger partial charge in [-0.1, -0.05) is 37.3 Å². The number of ether oxygens (including phenoxy) is 2. The van der Waals surface area contributed by atoms with Gasteiger partial charge in [-0.25, -0.2) is 4.98 Å². The number of methoxy groups -OCH3 is 1. The number of aromatic nitrogens is 2. The van der Waals surface area contributed by atoms with Gasteiger partial charge in [0.2, 0.25) is 5.75 Å². The molecule has 0 aliphatic carbocycles. The lowest BCUT2D eigenvalue weighted by Gasteiger charge is -2.13. The van der Waals surface area contributed by atoms with E-state index in [1.165, 1.54) is 6.33 Å². The van der Waals surface area contributed by atoms with E-state index in [-0.39, 0.29) is 0 Å². The fourth-order valence-corrected chi connectivity index (χ4v) is 1.74. The third kappa shape index (κ3) is 3.60. The molecule has 2 aromatic rings. The van der Waals surface area contributed by atoms with Crippen molar-refractivity contribution in [3.05, 3.63) is 42.2 Å². The SMILES string of the molecule is CCCNc1ncnc(OCc2ccccc2)c1OC. The molecule has 0 amide bonds. The molecule has 0 bridgehead atoms. The maximum absolute atomic E-state index is 5.72. The highest BCUT2D eigenvalue weighted by Gasteiger charge is 2.13. The Morgan fingerprint density at radius 1 is 1.15 bits per heavy atom. The Kier molecular flexibility index (Phi) is 5.17. The van der Waals surface area contributed by atoms with Crippen molar-refractivity contribution in [2.45, 2.75) is 20.0 Å². The highest BCUT2D eigenvalue weighted by molar-refractivity contribution is 5.55. The normalized spacial score (nSPS) is 10.1. The quantitative estimate of drug-likeness (QED) is 0.840. The molecule has 0 saturated carbocycles. The Morgan fingerprint density at radius 2 is 1.95 bits per heavy atom. The number of hydrogen-bond donors (Lipinski definition) is 1. The molecule has 0 fully saturated rings. The van der Waals surface area contributed by atoms with Gasteiger partial charge in [0.05, 0.1) is 7.11 Å². The van der Waals surface area contributed by atoms with Crippen LogP contribution in [0.2, 0.25) is 0 Å². The molecule has 5 nitrogen and oxygen atoms in total. The lowest BCUT2D eigenvalue weighted by atomic mass is 10.2. The minimum Gasteiger partial charge on any atom is -0.489 e. The van der Waals surface area contributed by atoms with Gasteiger partial charge in [0.15, 0.2) is 5.82 Å². The first-order valence-electron chi connectivity index (χ1n) is 6.64. The van der Waals surface area contributed by atoms with Crippen molar-refractivity contribution in [1.82, 2.24) is 9.97 Å². The molecule has 5 heteroatoms. The smallest absolute Gasteiger partial charge is 0.262 e. The van der Waals surface area contributed by atoms with Gasteiger partial charge in [-0.2, -0.15) is 4.98 Å². The second-order valence-corrected chi connectivity index (χ2v) is 4.26. The van der Waals surface area contributed by atoms with Crippen LogP contribution in [0, 0.1) is 0 Å². The third-order valence-electron chi connectivity index (χ3n) is 2.74. The molecule has 0 radical (unpaired) electrons. The van der Waals surface area contributed by atoms with Crippen molar-refractivity contribution in [2.24, 2.45) is 0 Å². The molecule has 1 aromatic carbocycles. The van der Waals surface area contributed by atoms with Gasteiger partial charge >= 0.3 is 0 Å². The molecular weight excluding hydrogens is 254 g/mol. The van der Waals surface area contributed by atoms with Crippen LogP contribution < -0.4 is 14.8 Å². The van der Waals surface area contributed by atoms with Crippen LogP contribution in [0.4, 0.5) is 5.82 Å². The minimum absolute atomic E-state index is 0.446. The number of rotatable bonds is 7. The largest absolute Gasteiger partial charge is 0.489 e. The predicted octanol–water partition coefficient (Wildman–Crippen LogP) is 2.89. The van der Waals surface area contributed by atoms with E-state index in [2.05, 4.69) is 22.2 Å². The van der Waals surface area contributed by atoms with Crippen LogP contribution in [-0.4, -0.2) is 23.6 Å². The number of nitrogens with zero attached hydrogens (tertiary/aromatic N) is 2. The second-order valence-electron chi connectivity index (χ2n) is 4.26. The molecule has 0 unspecified atom stereocenters. The van der Waals surface area contributed by atoms with Gasteiger partial charge < -0.3 is 14.8 Å². The monoisotopic (exact) mass is 273 g/mol. The van der Waals surface area contributed by atoms with Crippen LogP contribution in [0.3, 0.4) is 0 Å². The van der Waals surface area contributed by atoms with Crippen molar-refractivity contribution >= 4 is 5.82 Å². The second kappa shape index (κ2) is 7.33. The summed E-state index contributed by atoms with van der Waals surface area (Å²) in [6.45, 7) is 3.36. The Labute approximate surface area is 119 Å². The summed E-state index contributed by atoms with van der Waals surface area (Å²) >= 11 is 0. The molecule has 1 aromatic heterocycles. The summed E-state index contributed by atoms with van der Waals surface area (Å²) in [6, 6.07) is 9.93. The van der Waals surface area contributed by atoms with E-state index < -0.39 is 0 Å². The molecule has 0 aliphatic rings. The molecule has 0 atom stereocenters. The zero-order chi connectivity index (χ0) is 14.2. The molecule has 2 rings (SSSR count). The van der Waals surface area contributed by atoms with Gasteiger partial charge in [-0.15, -0.1) is 0 Å².